The minimum absolute atomic E-state index is 0.0310. The minimum atomic E-state index is -2.93. The Morgan fingerprint density at radius 1 is 1.00 bits per heavy atom. The van der Waals surface area contributed by atoms with Crippen LogP contribution in [0.25, 0.3) is 0 Å². The van der Waals surface area contributed by atoms with Crippen LogP contribution in [0.15, 0.2) is 0 Å². The molecule has 1 aliphatic heterocycles. The van der Waals surface area contributed by atoms with Gasteiger partial charge in [0.2, 0.25) is 0 Å². The summed E-state index contributed by atoms with van der Waals surface area (Å²) in [5, 5.41) is 3.10. The molecular formula is C13H22N2O3S. The Kier molecular flexibility index (Phi) is 3.45. The van der Waals surface area contributed by atoms with Gasteiger partial charge in [-0.15, -0.1) is 0 Å². The summed E-state index contributed by atoms with van der Waals surface area (Å²) in [4.78, 5) is 14.2. The molecule has 0 radical (unpaired) electrons. The highest BCUT2D eigenvalue weighted by Crippen LogP contribution is 2.32. The maximum absolute atomic E-state index is 12.4. The second kappa shape index (κ2) is 4.96. The molecule has 2 amide bonds. The lowest BCUT2D eigenvalue weighted by Gasteiger charge is -2.29. The van der Waals surface area contributed by atoms with Crippen molar-refractivity contribution in [1.29, 1.82) is 0 Å². The van der Waals surface area contributed by atoms with Gasteiger partial charge in [-0.3, -0.25) is 0 Å². The van der Waals surface area contributed by atoms with Gasteiger partial charge in [-0.25, -0.2) is 13.2 Å². The van der Waals surface area contributed by atoms with Crippen LogP contribution in [0.2, 0.25) is 0 Å². The lowest BCUT2D eigenvalue weighted by molar-refractivity contribution is 0.172. The SMILES string of the molecule is O=C(NC1CCCC1)N(C1CC1)C1CCS(=O)(=O)C1. The van der Waals surface area contributed by atoms with Crippen molar-refractivity contribution >= 4 is 15.9 Å². The maximum atomic E-state index is 12.4. The van der Waals surface area contributed by atoms with E-state index in [1.54, 1.807) is 0 Å². The maximum Gasteiger partial charge on any atom is 0.318 e. The van der Waals surface area contributed by atoms with E-state index in [2.05, 4.69) is 5.32 Å². The smallest absolute Gasteiger partial charge is 0.318 e. The van der Waals surface area contributed by atoms with Crippen LogP contribution in [0, 0.1) is 0 Å². The van der Waals surface area contributed by atoms with E-state index in [1.807, 2.05) is 4.90 Å². The Balaban J connectivity index is 1.65. The van der Waals surface area contributed by atoms with Gasteiger partial charge in [0.1, 0.15) is 0 Å². The molecule has 0 aromatic rings. The number of sulfone groups is 1. The second-order valence-corrected chi connectivity index (χ2v) is 8.35. The molecule has 1 atom stereocenters. The number of nitrogens with one attached hydrogen (secondary N) is 1. The average molecular weight is 286 g/mol. The van der Waals surface area contributed by atoms with Gasteiger partial charge >= 0.3 is 6.03 Å². The van der Waals surface area contributed by atoms with Crippen LogP contribution in [-0.2, 0) is 9.84 Å². The Labute approximate surface area is 114 Å². The van der Waals surface area contributed by atoms with Crippen LogP contribution >= 0.6 is 0 Å². The van der Waals surface area contributed by atoms with E-state index in [4.69, 9.17) is 0 Å². The fourth-order valence-electron chi connectivity index (χ4n) is 3.30. The van der Waals surface area contributed by atoms with Crippen molar-refractivity contribution in [2.24, 2.45) is 0 Å². The van der Waals surface area contributed by atoms with Gasteiger partial charge in [0.25, 0.3) is 0 Å². The molecule has 0 bridgehead atoms. The molecule has 3 fully saturated rings. The van der Waals surface area contributed by atoms with Gasteiger partial charge in [-0.2, -0.15) is 0 Å². The predicted molar refractivity (Wildman–Crippen MR) is 72.7 cm³/mol. The molecule has 2 aliphatic carbocycles. The predicted octanol–water partition coefficient (Wildman–Crippen LogP) is 1.29. The average Bonchev–Trinajstić information content (AvgIpc) is 2.90. The summed E-state index contributed by atoms with van der Waals surface area (Å²) in [5.74, 6) is 0.388. The molecule has 0 aromatic heterocycles. The van der Waals surface area contributed by atoms with Crippen molar-refractivity contribution in [3.63, 3.8) is 0 Å². The van der Waals surface area contributed by atoms with Gasteiger partial charge in [0.15, 0.2) is 9.84 Å². The molecule has 6 heteroatoms. The van der Waals surface area contributed by atoms with E-state index < -0.39 is 9.84 Å². The highest BCUT2D eigenvalue weighted by Gasteiger charge is 2.42. The molecule has 5 nitrogen and oxygen atoms in total. The third-order valence-electron chi connectivity index (χ3n) is 4.46. The Morgan fingerprint density at radius 3 is 2.21 bits per heavy atom. The van der Waals surface area contributed by atoms with Crippen molar-refractivity contribution in [2.45, 2.75) is 63.1 Å². The molecule has 0 aromatic carbocycles. The van der Waals surface area contributed by atoms with Crippen molar-refractivity contribution in [1.82, 2.24) is 10.2 Å². The number of hydrogen-bond donors (Lipinski definition) is 1. The largest absolute Gasteiger partial charge is 0.335 e. The monoisotopic (exact) mass is 286 g/mol. The first-order chi connectivity index (χ1) is 9.05. The normalized spacial score (nSPS) is 30.4. The molecule has 1 heterocycles. The number of urea groups is 1. The zero-order valence-electron chi connectivity index (χ0n) is 11.2. The first kappa shape index (κ1) is 13.2. The van der Waals surface area contributed by atoms with Gasteiger partial charge in [-0.05, 0) is 32.1 Å². The zero-order valence-corrected chi connectivity index (χ0v) is 12.0. The van der Waals surface area contributed by atoms with Crippen molar-refractivity contribution < 1.29 is 13.2 Å². The van der Waals surface area contributed by atoms with Crippen LogP contribution in [0.3, 0.4) is 0 Å². The summed E-state index contributed by atoms with van der Waals surface area (Å²) in [7, 11) is -2.93. The molecule has 1 N–H and O–H groups in total. The van der Waals surface area contributed by atoms with Gasteiger partial charge in [0.05, 0.1) is 11.5 Å². The fourth-order valence-corrected chi connectivity index (χ4v) is 5.01. The summed E-state index contributed by atoms with van der Waals surface area (Å²) in [6.45, 7) is 0. The topological polar surface area (TPSA) is 66.5 Å². The molecule has 1 unspecified atom stereocenters. The number of hydrogen-bond acceptors (Lipinski definition) is 3. The molecule has 3 rings (SSSR count). The highest BCUT2D eigenvalue weighted by atomic mass is 32.2. The summed E-state index contributed by atoms with van der Waals surface area (Å²) < 4.78 is 23.2. The highest BCUT2D eigenvalue weighted by molar-refractivity contribution is 7.91. The van der Waals surface area contributed by atoms with Crippen molar-refractivity contribution in [3.8, 4) is 0 Å². The van der Waals surface area contributed by atoms with E-state index in [1.165, 1.54) is 12.8 Å². The van der Waals surface area contributed by atoms with Crippen LogP contribution in [0.5, 0.6) is 0 Å². The molecule has 2 saturated carbocycles. The fraction of sp³-hybridized carbons (Fsp3) is 0.923. The number of rotatable bonds is 3. The van der Waals surface area contributed by atoms with E-state index in [0.717, 1.165) is 25.7 Å². The summed E-state index contributed by atoms with van der Waals surface area (Å²) >= 11 is 0. The summed E-state index contributed by atoms with van der Waals surface area (Å²) in [6, 6.07) is 0.446. The Morgan fingerprint density at radius 2 is 1.68 bits per heavy atom. The standard InChI is InChI=1S/C13H22N2O3S/c16-13(14-10-3-1-2-4-10)15(11-5-6-11)12-7-8-19(17,18)9-12/h10-12H,1-9H2,(H,14,16). The van der Waals surface area contributed by atoms with E-state index in [9.17, 15) is 13.2 Å². The molecule has 1 saturated heterocycles. The number of nitrogens with zero attached hydrogens (tertiary/aromatic N) is 1. The van der Waals surface area contributed by atoms with Crippen molar-refractivity contribution in [3.05, 3.63) is 0 Å². The second-order valence-electron chi connectivity index (χ2n) is 6.13. The van der Waals surface area contributed by atoms with Crippen LogP contribution < -0.4 is 5.32 Å². The molecule has 19 heavy (non-hydrogen) atoms. The number of amides is 2. The van der Waals surface area contributed by atoms with Crippen LogP contribution in [0.4, 0.5) is 4.79 Å². The summed E-state index contributed by atoms with van der Waals surface area (Å²) in [5.41, 5.74) is 0. The van der Waals surface area contributed by atoms with Gasteiger partial charge in [-0.1, -0.05) is 12.8 Å². The van der Waals surface area contributed by atoms with E-state index >= 15 is 0 Å². The van der Waals surface area contributed by atoms with Gasteiger partial charge < -0.3 is 10.2 Å². The number of carbonyl (C=O) groups is 1. The van der Waals surface area contributed by atoms with E-state index in [-0.39, 0.29) is 29.6 Å². The Hall–Kier alpha value is -0.780. The lowest BCUT2D eigenvalue weighted by atomic mass is 10.2. The lowest BCUT2D eigenvalue weighted by Crippen LogP contribution is -2.50. The molecule has 3 aliphatic rings. The third-order valence-corrected chi connectivity index (χ3v) is 6.21. The van der Waals surface area contributed by atoms with Crippen LogP contribution in [-0.4, -0.2) is 49.0 Å². The summed E-state index contributed by atoms with van der Waals surface area (Å²) in [6.07, 6.45) is 7.15. The quantitative estimate of drug-likeness (QED) is 0.850. The molecular weight excluding hydrogens is 264 g/mol. The minimum Gasteiger partial charge on any atom is -0.335 e. The Bertz CT molecular complexity index is 453. The zero-order chi connectivity index (χ0) is 13.5. The first-order valence-electron chi connectivity index (χ1n) is 7.34. The molecule has 0 spiro atoms. The van der Waals surface area contributed by atoms with E-state index in [0.29, 0.717) is 12.5 Å². The van der Waals surface area contributed by atoms with Crippen molar-refractivity contribution in [2.75, 3.05) is 11.5 Å². The third kappa shape index (κ3) is 3.04. The first-order valence-corrected chi connectivity index (χ1v) is 9.16. The number of carbonyl (C=O) groups excluding carboxylic acids is 1. The van der Waals surface area contributed by atoms with Crippen LogP contribution in [0.1, 0.15) is 44.9 Å². The molecule has 108 valence electrons. The van der Waals surface area contributed by atoms with Gasteiger partial charge in [0, 0.05) is 18.1 Å².